The highest BCUT2D eigenvalue weighted by Crippen LogP contribution is 2.35. The van der Waals surface area contributed by atoms with E-state index in [9.17, 15) is 19.7 Å². The molecule has 29 heavy (non-hydrogen) atoms. The van der Waals surface area contributed by atoms with Crippen molar-refractivity contribution in [1.82, 2.24) is 5.32 Å². The average molecular weight is 402 g/mol. The molecule has 2 aromatic carbocycles. The topological polar surface area (TPSA) is 117 Å². The maximum Gasteiger partial charge on any atom is 0.345 e. The quantitative estimate of drug-likeness (QED) is 0.389. The van der Waals surface area contributed by atoms with Crippen LogP contribution in [0.25, 0.3) is 0 Å². The molecular formula is C20H22N2O7. The van der Waals surface area contributed by atoms with Crippen LogP contribution in [0, 0.1) is 17.0 Å². The number of nitro benzene ring substituents is 1. The maximum atomic E-state index is 12.4. The number of nitrogens with zero attached hydrogens (tertiary/aromatic N) is 1. The molecule has 0 spiro atoms. The standard InChI is InChI=1S/C20H22N2O7/c1-4-28-18-9-15(16(22(25)26)10-17(18)27-3)20(24)29-12-19(23)21-11-14-8-6-5-7-13(14)2/h5-10H,4,11-12H2,1-3H3,(H,21,23). The van der Waals surface area contributed by atoms with Gasteiger partial charge in [0.2, 0.25) is 0 Å². The van der Waals surface area contributed by atoms with Crippen molar-refractivity contribution in [3.05, 3.63) is 63.2 Å². The van der Waals surface area contributed by atoms with Crippen LogP contribution < -0.4 is 14.8 Å². The lowest BCUT2D eigenvalue weighted by atomic mass is 10.1. The van der Waals surface area contributed by atoms with E-state index in [4.69, 9.17) is 14.2 Å². The third kappa shape index (κ3) is 5.68. The van der Waals surface area contributed by atoms with E-state index in [-0.39, 0.29) is 30.2 Å². The lowest BCUT2D eigenvalue weighted by Crippen LogP contribution is -2.28. The molecule has 0 atom stereocenters. The molecule has 154 valence electrons. The van der Waals surface area contributed by atoms with E-state index < -0.39 is 29.1 Å². The van der Waals surface area contributed by atoms with E-state index in [0.717, 1.165) is 17.2 Å². The fraction of sp³-hybridized carbons (Fsp3) is 0.300. The smallest absolute Gasteiger partial charge is 0.345 e. The molecule has 0 saturated carbocycles. The summed E-state index contributed by atoms with van der Waals surface area (Å²) in [6, 6.07) is 9.79. The number of aryl methyl sites for hydroxylation is 1. The van der Waals surface area contributed by atoms with E-state index in [0.29, 0.717) is 0 Å². The number of nitro groups is 1. The van der Waals surface area contributed by atoms with Crippen molar-refractivity contribution in [2.75, 3.05) is 20.3 Å². The zero-order valence-corrected chi connectivity index (χ0v) is 16.4. The summed E-state index contributed by atoms with van der Waals surface area (Å²) in [7, 11) is 1.33. The Labute approximate surface area is 167 Å². The molecular weight excluding hydrogens is 380 g/mol. The monoisotopic (exact) mass is 402 g/mol. The van der Waals surface area contributed by atoms with Gasteiger partial charge in [0.1, 0.15) is 5.56 Å². The number of nitrogens with one attached hydrogen (secondary N) is 1. The van der Waals surface area contributed by atoms with Crippen LogP contribution in [-0.4, -0.2) is 37.1 Å². The highest BCUT2D eigenvalue weighted by molar-refractivity contribution is 5.96. The predicted molar refractivity (Wildman–Crippen MR) is 104 cm³/mol. The highest BCUT2D eigenvalue weighted by atomic mass is 16.6. The van der Waals surface area contributed by atoms with Gasteiger partial charge in [-0.25, -0.2) is 4.79 Å². The number of carbonyl (C=O) groups is 2. The first-order chi connectivity index (χ1) is 13.9. The van der Waals surface area contributed by atoms with E-state index in [1.807, 2.05) is 31.2 Å². The number of benzene rings is 2. The van der Waals surface area contributed by atoms with E-state index >= 15 is 0 Å². The first-order valence-electron chi connectivity index (χ1n) is 8.84. The number of hydrogen-bond donors (Lipinski definition) is 1. The largest absolute Gasteiger partial charge is 0.493 e. The maximum absolute atomic E-state index is 12.4. The zero-order valence-electron chi connectivity index (χ0n) is 16.4. The Hall–Kier alpha value is -3.62. The minimum Gasteiger partial charge on any atom is -0.493 e. The predicted octanol–water partition coefficient (Wildman–Crippen LogP) is 2.78. The van der Waals surface area contributed by atoms with Gasteiger partial charge in [-0.05, 0) is 25.0 Å². The molecule has 0 saturated heterocycles. The summed E-state index contributed by atoms with van der Waals surface area (Å²) in [5.41, 5.74) is 1.11. The first kappa shape index (κ1) is 21.7. The van der Waals surface area contributed by atoms with Crippen molar-refractivity contribution in [2.45, 2.75) is 20.4 Å². The van der Waals surface area contributed by atoms with E-state index in [1.54, 1.807) is 6.92 Å². The van der Waals surface area contributed by atoms with Gasteiger partial charge in [-0.15, -0.1) is 0 Å². The fourth-order valence-corrected chi connectivity index (χ4v) is 2.55. The van der Waals surface area contributed by atoms with Gasteiger partial charge in [0, 0.05) is 12.6 Å². The Morgan fingerprint density at radius 3 is 2.52 bits per heavy atom. The molecule has 1 N–H and O–H groups in total. The zero-order chi connectivity index (χ0) is 21.4. The Morgan fingerprint density at radius 2 is 1.90 bits per heavy atom. The van der Waals surface area contributed by atoms with Crippen molar-refractivity contribution in [3.63, 3.8) is 0 Å². The summed E-state index contributed by atoms with van der Waals surface area (Å²) in [5, 5.41) is 14.0. The van der Waals surface area contributed by atoms with E-state index in [1.165, 1.54) is 13.2 Å². The number of amides is 1. The normalized spacial score (nSPS) is 10.2. The lowest BCUT2D eigenvalue weighted by molar-refractivity contribution is -0.385. The van der Waals surface area contributed by atoms with Gasteiger partial charge in [0.05, 0.1) is 24.7 Å². The van der Waals surface area contributed by atoms with Crippen LogP contribution in [0.5, 0.6) is 11.5 Å². The van der Waals surface area contributed by atoms with Gasteiger partial charge in [0.25, 0.3) is 11.6 Å². The summed E-state index contributed by atoms with van der Waals surface area (Å²) in [6.45, 7) is 3.61. The molecule has 0 aliphatic heterocycles. The molecule has 9 nitrogen and oxygen atoms in total. The minimum absolute atomic E-state index is 0.117. The SMILES string of the molecule is CCOc1cc(C(=O)OCC(=O)NCc2ccccc2C)c([N+](=O)[O-])cc1OC. The van der Waals surface area contributed by atoms with E-state index in [2.05, 4.69) is 5.32 Å². The van der Waals surface area contributed by atoms with Crippen molar-refractivity contribution in [2.24, 2.45) is 0 Å². The summed E-state index contributed by atoms with van der Waals surface area (Å²) < 4.78 is 15.4. The van der Waals surface area contributed by atoms with Crippen LogP contribution in [0.4, 0.5) is 5.69 Å². The molecule has 0 aliphatic rings. The number of ether oxygens (including phenoxy) is 3. The molecule has 1 amide bonds. The van der Waals surface area contributed by atoms with Crippen LogP contribution in [-0.2, 0) is 16.1 Å². The van der Waals surface area contributed by atoms with Crippen molar-refractivity contribution in [3.8, 4) is 11.5 Å². The number of methoxy groups -OCH3 is 1. The second kappa shape index (κ2) is 10.1. The Balaban J connectivity index is 2.07. The van der Waals surface area contributed by atoms with Crippen LogP contribution >= 0.6 is 0 Å². The first-order valence-corrected chi connectivity index (χ1v) is 8.84. The molecule has 2 aromatic rings. The molecule has 0 radical (unpaired) electrons. The Morgan fingerprint density at radius 1 is 1.17 bits per heavy atom. The number of hydrogen-bond acceptors (Lipinski definition) is 7. The highest BCUT2D eigenvalue weighted by Gasteiger charge is 2.26. The minimum atomic E-state index is -1.01. The number of rotatable bonds is 9. The van der Waals surface area contributed by atoms with Crippen LogP contribution in [0.15, 0.2) is 36.4 Å². The van der Waals surface area contributed by atoms with Gasteiger partial charge in [-0.3, -0.25) is 14.9 Å². The Kier molecular flexibility index (Phi) is 7.53. The molecule has 0 bridgehead atoms. The summed E-state index contributed by atoms with van der Waals surface area (Å²) in [4.78, 5) is 34.9. The van der Waals surface area contributed by atoms with Crippen molar-refractivity contribution in [1.29, 1.82) is 0 Å². The molecule has 0 unspecified atom stereocenters. The third-order valence-corrected chi connectivity index (χ3v) is 4.07. The van der Waals surface area contributed by atoms with Crippen LogP contribution in [0.2, 0.25) is 0 Å². The average Bonchev–Trinajstić information content (AvgIpc) is 2.71. The van der Waals surface area contributed by atoms with Crippen molar-refractivity contribution < 1.29 is 28.7 Å². The Bertz CT molecular complexity index is 912. The molecule has 9 heteroatoms. The fourth-order valence-electron chi connectivity index (χ4n) is 2.55. The third-order valence-electron chi connectivity index (χ3n) is 4.07. The van der Waals surface area contributed by atoms with Crippen molar-refractivity contribution >= 4 is 17.6 Å². The van der Waals surface area contributed by atoms with Gasteiger partial charge in [-0.2, -0.15) is 0 Å². The second-order valence-electron chi connectivity index (χ2n) is 5.99. The second-order valence-corrected chi connectivity index (χ2v) is 5.99. The van der Waals surface area contributed by atoms with Crippen LogP contribution in [0.3, 0.4) is 0 Å². The summed E-state index contributed by atoms with van der Waals surface area (Å²) in [6.07, 6.45) is 0. The molecule has 2 rings (SSSR count). The van der Waals surface area contributed by atoms with Gasteiger partial charge >= 0.3 is 5.97 Å². The summed E-state index contributed by atoms with van der Waals surface area (Å²) in [5.74, 6) is -1.25. The van der Waals surface area contributed by atoms with Gasteiger partial charge < -0.3 is 19.5 Å². The number of esters is 1. The summed E-state index contributed by atoms with van der Waals surface area (Å²) >= 11 is 0. The van der Waals surface area contributed by atoms with Gasteiger partial charge in [-0.1, -0.05) is 24.3 Å². The molecule has 0 heterocycles. The molecule has 0 aliphatic carbocycles. The molecule has 0 aromatic heterocycles. The number of carbonyl (C=O) groups excluding carboxylic acids is 2. The van der Waals surface area contributed by atoms with Crippen LogP contribution in [0.1, 0.15) is 28.4 Å². The lowest BCUT2D eigenvalue weighted by Gasteiger charge is -2.12. The van der Waals surface area contributed by atoms with Gasteiger partial charge in [0.15, 0.2) is 18.1 Å². The molecule has 0 fully saturated rings.